The van der Waals surface area contributed by atoms with Crippen LogP contribution in [0.15, 0.2) is 42.5 Å². The molecule has 1 amide bonds. The number of benzene rings is 2. The lowest BCUT2D eigenvalue weighted by molar-refractivity contribution is -0.384. The molecule has 0 unspecified atom stereocenters. The van der Waals surface area contributed by atoms with E-state index in [-0.39, 0.29) is 11.6 Å². The molecule has 0 aromatic heterocycles. The Bertz CT molecular complexity index is 796. The van der Waals surface area contributed by atoms with Crippen molar-refractivity contribution >= 4 is 23.0 Å². The molecule has 1 fully saturated rings. The maximum atomic E-state index is 12.6. The fourth-order valence-corrected chi connectivity index (χ4v) is 2.94. The zero-order chi connectivity index (χ0) is 18.0. The molecule has 2 N–H and O–H groups in total. The molecule has 2 aromatic carbocycles. The van der Waals surface area contributed by atoms with Gasteiger partial charge >= 0.3 is 0 Å². The summed E-state index contributed by atoms with van der Waals surface area (Å²) < 4.78 is 0. The van der Waals surface area contributed by atoms with Gasteiger partial charge in [0.05, 0.1) is 4.92 Å². The Labute approximate surface area is 145 Å². The van der Waals surface area contributed by atoms with Gasteiger partial charge in [0.15, 0.2) is 0 Å². The summed E-state index contributed by atoms with van der Waals surface area (Å²) in [5.41, 5.74) is 9.04. The van der Waals surface area contributed by atoms with E-state index in [4.69, 9.17) is 5.73 Å². The highest BCUT2D eigenvalue weighted by Crippen LogP contribution is 2.21. The van der Waals surface area contributed by atoms with Gasteiger partial charge in [-0.25, -0.2) is 0 Å². The molecule has 130 valence electrons. The molecule has 2 aromatic rings. The maximum Gasteiger partial charge on any atom is 0.269 e. The Morgan fingerprint density at radius 2 is 1.72 bits per heavy atom. The molecule has 0 bridgehead atoms. The molecule has 0 saturated carbocycles. The molecule has 0 spiro atoms. The van der Waals surface area contributed by atoms with Crippen LogP contribution in [0.5, 0.6) is 0 Å². The summed E-state index contributed by atoms with van der Waals surface area (Å²) in [6.45, 7) is 4.49. The maximum absolute atomic E-state index is 12.6. The molecule has 1 aliphatic rings. The zero-order valence-corrected chi connectivity index (χ0v) is 14.0. The van der Waals surface area contributed by atoms with Crippen molar-refractivity contribution in [3.8, 4) is 0 Å². The van der Waals surface area contributed by atoms with E-state index in [1.165, 1.54) is 12.1 Å². The van der Waals surface area contributed by atoms with Gasteiger partial charge in [0.25, 0.3) is 11.6 Å². The van der Waals surface area contributed by atoms with Crippen molar-refractivity contribution in [1.82, 2.24) is 4.90 Å². The van der Waals surface area contributed by atoms with Crippen LogP contribution in [0, 0.1) is 17.0 Å². The third-order valence-corrected chi connectivity index (χ3v) is 4.51. The van der Waals surface area contributed by atoms with E-state index >= 15 is 0 Å². The minimum absolute atomic E-state index is 0.00597. The first-order chi connectivity index (χ1) is 12.0. The van der Waals surface area contributed by atoms with E-state index < -0.39 is 4.92 Å². The van der Waals surface area contributed by atoms with Crippen molar-refractivity contribution in [1.29, 1.82) is 0 Å². The van der Waals surface area contributed by atoms with E-state index in [1.807, 2.05) is 17.9 Å². The summed E-state index contributed by atoms with van der Waals surface area (Å²) in [6, 6.07) is 11.8. The molecule has 3 rings (SSSR count). The zero-order valence-electron chi connectivity index (χ0n) is 14.0. The fourth-order valence-electron chi connectivity index (χ4n) is 2.94. The number of non-ortho nitro benzene ring substituents is 1. The molecular weight excluding hydrogens is 320 g/mol. The summed E-state index contributed by atoms with van der Waals surface area (Å²) in [7, 11) is 0. The van der Waals surface area contributed by atoms with Gasteiger partial charge in [-0.05, 0) is 42.8 Å². The number of nitro groups is 1. The molecular formula is C18H20N4O3. The Kier molecular flexibility index (Phi) is 4.56. The Morgan fingerprint density at radius 3 is 2.28 bits per heavy atom. The van der Waals surface area contributed by atoms with Gasteiger partial charge in [0.2, 0.25) is 0 Å². The molecule has 7 heteroatoms. The number of piperazine rings is 1. The van der Waals surface area contributed by atoms with Crippen molar-refractivity contribution in [3.05, 3.63) is 63.7 Å². The van der Waals surface area contributed by atoms with Crippen molar-refractivity contribution in [2.45, 2.75) is 6.92 Å². The average molecular weight is 340 g/mol. The van der Waals surface area contributed by atoms with E-state index in [9.17, 15) is 14.9 Å². The second-order valence-electron chi connectivity index (χ2n) is 6.12. The lowest BCUT2D eigenvalue weighted by Gasteiger charge is -2.36. The number of carbonyl (C=O) groups is 1. The standard InChI is InChI=1S/C18H20N4O3/c1-13-12-14(2-7-17(13)19)18(23)21-10-8-20(9-11-21)15-3-5-16(6-4-15)22(24)25/h2-7,12H,8-11,19H2,1H3. The molecule has 1 heterocycles. The van der Waals surface area contributed by atoms with E-state index in [0.29, 0.717) is 37.4 Å². The number of nitrogens with zero attached hydrogens (tertiary/aromatic N) is 3. The smallest absolute Gasteiger partial charge is 0.269 e. The predicted octanol–water partition coefficient (Wildman–Crippen LogP) is 2.45. The van der Waals surface area contributed by atoms with Crippen LogP contribution in [0.25, 0.3) is 0 Å². The van der Waals surface area contributed by atoms with Crippen LogP contribution >= 0.6 is 0 Å². The van der Waals surface area contributed by atoms with Gasteiger partial charge in [-0.15, -0.1) is 0 Å². The molecule has 0 radical (unpaired) electrons. The number of nitro benzene ring substituents is 1. The van der Waals surface area contributed by atoms with Crippen LogP contribution in [0.2, 0.25) is 0 Å². The van der Waals surface area contributed by atoms with E-state index in [1.54, 1.807) is 24.3 Å². The first kappa shape index (κ1) is 16.8. The lowest BCUT2D eigenvalue weighted by Crippen LogP contribution is -2.48. The topological polar surface area (TPSA) is 92.7 Å². The molecule has 25 heavy (non-hydrogen) atoms. The minimum atomic E-state index is -0.408. The third kappa shape index (κ3) is 3.55. The largest absolute Gasteiger partial charge is 0.399 e. The van der Waals surface area contributed by atoms with Gasteiger partial charge in [0.1, 0.15) is 0 Å². The number of rotatable bonds is 3. The monoisotopic (exact) mass is 340 g/mol. The van der Waals surface area contributed by atoms with Crippen molar-refractivity contribution in [3.63, 3.8) is 0 Å². The average Bonchev–Trinajstić information content (AvgIpc) is 2.63. The van der Waals surface area contributed by atoms with E-state index in [2.05, 4.69) is 4.90 Å². The summed E-state index contributed by atoms with van der Waals surface area (Å²) in [4.78, 5) is 26.9. The van der Waals surface area contributed by atoms with Crippen LogP contribution in [0.3, 0.4) is 0 Å². The number of amides is 1. The summed E-state index contributed by atoms with van der Waals surface area (Å²) >= 11 is 0. The highest BCUT2D eigenvalue weighted by molar-refractivity contribution is 5.95. The summed E-state index contributed by atoms with van der Waals surface area (Å²) in [5, 5.41) is 10.7. The van der Waals surface area contributed by atoms with Crippen molar-refractivity contribution in [2.75, 3.05) is 36.8 Å². The number of nitrogens with two attached hydrogens (primary N) is 1. The van der Waals surface area contributed by atoms with Crippen LogP contribution in [0.1, 0.15) is 15.9 Å². The molecule has 1 saturated heterocycles. The second-order valence-corrected chi connectivity index (χ2v) is 6.12. The van der Waals surface area contributed by atoms with Crippen LogP contribution in [-0.2, 0) is 0 Å². The number of hydrogen-bond acceptors (Lipinski definition) is 5. The first-order valence-corrected chi connectivity index (χ1v) is 8.10. The number of carbonyl (C=O) groups excluding carboxylic acids is 1. The van der Waals surface area contributed by atoms with Gasteiger partial charge in [-0.2, -0.15) is 0 Å². The molecule has 0 aliphatic carbocycles. The quantitative estimate of drug-likeness (QED) is 0.526. The Balaban J connectivity index is 1.64. The predicted molar refractivity (Wildman–Crippen MR) is 96.8 cm³/mol. The lowest BCUT2D eigenvalue weighted by atomic mass is 10.1. The SMILES string of the molecule is Cc1cc(C(=O)N2CCN(c3ccc([N+](=O)[O-])cc3)CC2)ccc1N. The van der Waals surface area contributed by atoms with Gasteiger partial charge in [0, 0.05) is 55.2 Å². The first-order valence-electron chi connectivity index (χ1n) is 8.10. The highest BCUT2D eigenvalue weighted by atomic mass is 16.6. The molecule has 7 nitrogen and oxygen atoms in total. The Hall–Kier alpha value is -3.09. The number of aryl methyl sites for hydroxylation is 1. The van der Waals surface area contributed by atoms with Gasteiger partial charge in [-0.3, -0.25) is 14.9 Å². The highest BCUT2D eigenvalue weighted by Gasteiger charge is 2.22. The molecule has 0 atom stereocenters. The van der Waals surface area contributed by atoms with Crippen molar-refractivity contribution in [2.24, 2.45) is 0 Å². The summed E-state index contributed by atoms with van der Waals surface area (Å²) in [5.74, 6) is 0.00597. The Morgan fingerprint density at radius 1 is 1.08 bits per heavy atom. The summed E-state index contributed by atoms with van der Waals surface area (Å²) in [6.07, 6.45) is 0. The second kappa shape index (κ2) is 6.80. The number of hydrogen-bond donors (Lipinski definition) is 1. The van der Waals surface area contributed by atoms with E-state index in [0.717, 1.165) is 11.3 Å². The van der Waals surface area contributed by atoms with Crippen LogP contribution in [-0.4, -0.2) is 41.9 Å². The normalized spacial score (nSPS) is 14.4. The number of anilines is 2. The fraction of sp³-hybridized carbons (Fsp3) is 0.278. The van der Waals surface area contributed by atoms with Crippen LogP contribution < -0.4 is 10.6 Å². The third-order valence-electron chi connectivity index (χ3n) is 4.51. The van der Waals surface area contributed by atoms with Crippen LogP contribution in [0.4, 0.5) is 17.1 Å². The van der Waals surface area contributed by atoms with Crippen molar-refractivity contribution < 1.29 is 9.72 Å². The minimum Gasteiger partial charge on any atom is -0.399 e. The molecule has 1 aliphatic heterocycles. The number of nitrogen functional groups attached to an aromatic ring is 1. The van der Waals surface area contributed by atoms with Gasteiger partial charge in [-0.1, -0.05) is 0 Å². The van der Waals surface area contributed by atoms with Gasteiger partial charge < -0.3 is 15.5 Å².